The first-order valence-corrected chi connectivity index (χ1v) is 10.9. The van der Waals surface area contributed by atoms with Crippen LogP contribution in [0.15, 0.2) is 59.8 Å². The minimum atomic E-state index is -0.710. The second-order valence-electron chi connectivity index (χ2n) is 7.98. The maximum absolute atomic E-state index is 13.1. The third-order valence-corrected chi connectivity index (χ3v) is 5.04. The van der Waals surface area contributed by atoms with E-state index in [1.807, 2.05) is 30.3 Å². The zero-order chi connectivity index (χ0) is 24.7. The highest BCUT2D eigenvalue weighted by Gasteiger charge is 2.31. The molecule has 0 radical (unpaired) electrons. The first-order valence-electron chi connectivity index (χ1n) is 10.9. The molecule has 180 valence electrons. The zero-order valence-corrected chi connectivity index (χ0v) is 19.6. The monoisotopic (exact) mass is 467 g/mol. The van der Waals surface area contributed by atoms with E-state index < -0.39 is 18.0 Å². The van der Waals surface area contributed by atoms with Crippen LogP contribution in [-0.4, -0.2) is 37.7 Å². The molecule has 3 N–H and O–H groups in total. The second kappa shape index (κ2) is 11.2. The summed E-state index contributed by atoms with van der Waals surface area (Å²) in [5.74, 6) is -0.121. The summed E-state index contributed by atoms with van der Waals surface area (Å²) in [7, 11) is 1.47. The van der Waals surface area contributed by atoms with E-state index in [1.165, 1.54) is 7.11 Å². The Bertz CT molecular complexity index is 1080. The number of hydrogen-bond acceptors (Lipinski definition) is 6. The lowest BCUT2D eigenvalue weighted by Crippen LogP contribution is -2.46. The molecule has 0 aliphatic carbocycles. The number of benzene rings is 2. The molecule has 3 amide bonds. The largest absolute Gasteiger partial charge is 0.493 e. The highest BCUT2D eigenvalue weighted by molar-refractivity contribution is 5.98. The van der Waals surface area contributed by atoms with Crippen molar-refractivity contribution in [2.24, 2.45) is 0 Å². The number of rotatable bonds is 9. The molecule has 9 nitrogen and oxygen atoms in total. The van der Waals surface area contributed by atoms with Crippen LogP contribution in [0.25, 0.3) is 0 Å². The van der Waals surface area contributed by atoms with Crippen LogP contribution in [0.4, 0.5) is 4.79 Å². The zero-order valence-electron chi connectivity index (χ0n) is 19.6. The molecule has 0 unspecified atom stereocenters. The van der Waals surface area contributed by atoms with E-state index in [4.69, 9.17) is 14.2 Å². The summed E-state index contributed by atoms with van der Waals surface area (Å²) >= 11 is 0. The molecule has 1 atom stereocenters. The maximum atomic E-state index is 13.1. The molecule has 9 heteroatoms. The van der Waals surface area contributed by atoms with E-state index in [0.717, 1.165) is 5.56 Å². The number of hydrogen-bond donors (Lipinski definition) is 3. The van der Waals surface area contributed by atoms with Gasteiger partial charge in [0.2, 0.25) is 0 Å². The van der Waals surface area contributed by atoms with E-state index in [9.17, 15) is 14.4 Å². The molecule has 1 heterocycles. The third-order valence-electron chi connectivity index (χ3n) is 5.04. The standard InChI is InChI=1S/C25H29N3O6/c1-15(2)34-21(29)14-33-19-11-10-18(12-20(19)32-4)23-22(16(3)27-25(31)28-23)24(30)26-13-17-8-6-5-7-9-17/h5-12,15,23H,13-14H2,1-4H3,(H,26,30)(H2,27,28,31)/t23-/m0/s1. The Labute approximate surface area is 198 Å². The first-order chi connectivity index (χ1) is 16.3. The fraction of sp³-hybridized carbons (Fsp3) is 0.320. The van der Waals surface area contributed by atoms with Gasteiger partial charge in [0, 0.05) is 12.2 Å². The molecule has 0 aromatic heterocycles. The number of amides is 3. The molecule has 2 aromatic carbocycles. The van der Waals surface area contributed by atoms with Crippen LogP contribution in [-0.2, 0) is 20.9 Å². The Morgan fingerprint density at radius 2 is 1.82 bits per heavy atom. The van der Waals surface area contributed by atoms with Gasteiger partial charge in [-0.2, -0.15) is 0 Å². The number of urea groups is 1. The van der Waals surface area contributed by atoms with Gasteiger partial charge in [-0.15, -0.1) is 0 Å². The predicted octanol–water partition coefficient (Wildman–Crippen LogP) is 2.97. The van der Waals surface area contributed by atoms with E-state index in [0.29, 0.717) is 34.9 Å². The van der Waals surface area contributed by atoms with Crippen molar-refractivity contribution in [2.75, 3.05) is 13.7 Å². The molecule has 2 aromatic rings. The maximum Gasteiger partial charge on any atom is 0.344 e. The third kappa shape index (κ3) is 6.28. The molecule has 3 rings (SSSR count). The molecule has 0 spiro atoms. The molecule has 1 aliphatic rings. The fourth-order valence-electron chi connectivity index (χ4n) is 3.53. The van der Waals surface area contributed by atoms with Crippen LogP contribution in [0, 0.1) is 0 Å². The Balaban J connectivity index is 1.80. The van der Waals surface area contributed by atoms with Crippen LogP contribution in [0.5, 0.6) is 11.5 Å². The van der Waals surface area contributed by atoms with Crippen LogP contribution in [0.1, 0.15) is 37.9 Å². The van der Waals surface area contributed by atoms with Crippen molar-refractivity contribution in [3.8, 4) is 11.5 Å². The number of esters is 1. The summed E-state index contributed by atoms with van der Waals surface area (Å²) in [6.07, 6.45) is -0.245. The molecule has 0 fully saturated rings. The lowest BCUT2D eigenvalue weighted by Gasteiger charge is -2.29. The van der Waals surface area contributed by atoms with Gasteiger partial charge in [0.15, 0.2) is 18.1 Å². The number of carbonyl (C=O) groups is 3. The summed E-state index contributed by atoms with van der Waals surface area (Å²) in [5.41, 5.74) is 2.41. The van der Waals surface area contributed by atoms with Crippen molar-refractivity contribution >= 4 is 17.9 Å². The minimum Gasteiger partial charge on any atom is -0.493 e. The predicted molar refractivity (Wildman–Crippen MR) is 125 cm³/mol. The van der Waals surface area contributed by atoms with E-state index >= 15 is 0 Å². The van der Waals surface area contributed by atoms with Crippen LogP contribution in [0.2, 0.25) is 0 Å². The van der Waals surface area contributed by atoms with Crippen LogP contribution >= 0.6 is 0 Å². The van der Waals surface area contributed by atoms with Gasteiger partial charge in [0.05, 0.1) is 24.8 Å². The molecule has 0 saturated carbocycles. The highest BCUT2D eigenvalue weighted by atomic mass is 16.6. The van der Waals surface area contributed by atoms with Gasteiger partial charge in [0.25, 0.3) is 5.91 Å². The smallest absolute Gasteiger partial charge is 0.344 e. The first kappa shape index (κ1) is 24.6. The fourth-order valence-corrected chi connectivity index (χ4v) is 3.53. The SMILES string of the molecule is COc1cc([C@@H]2NC(=O)NC(C)=C2C(=O)NCc2ccccc2)ccc1OCC(=O)OC(C)C. The lowest BCUT2D eigenvalue weighted by atomic mass is 9.94. The molecular formula is C25H29N3O6. The Kier molecular flexibility index (Phi) is 8.13. The van der Waals surface area contributed by atoms with Gasteiger partial charge in [-0.1, -0.05) is 36.4 Å². The Morgan fingerprint density at radius 3 is 2.50 bits per heavy atom. The number of allylic oxidation sites excluding steroid dienone is 1. The van der Waals surface area contributed by atoms with E-state index in [-0.39, 0.29) is 18.6 Å². The normalized spacial score (nSPS) is 15.3. The Morgan fingerprint density at radius 1 is 1.09 bits per heavy atom. The summed E-state index contributed by atoms with van der Waals surface area (Å²) in [4.78, 5) is 37.1. The van der Waals surface area contributed by atoms with Crippen molar-refractivity contribution in [3.63, 3.8) is 0 Å². The van der Waals surface area contributed by atoms with Crippen molar-refractivity contribution in [2.45, 2.75) is 39.5 Å². The molecule has 0 bridgehead atoms. The lowest BCUT2D eigenvalue weighted by molar-refractivity contribution is -0.149. The quantitative estimate of drug-likeness (QED) is 0.489. The van der Waals surface area contributed by atoms with Gasteiger partial charge in [-0.05, 0) is 44.0 Å². The average Bonchev–Trinajstić information content (AvgIpc) is 2.80. The van der Waals surface area contributed by atoms with Crippen molar-refractivity contribution in [1.82, 2.24) is 16.0 Å². The van der Waals surface area contributed by atoms with Gasteiger partial charge in [-0.25, -0.2) is 9.59 Å². The summed E-state index contributed by atoms with van der Waals surface area (Å²) < 4.78 is 16.0. The van der Waals surface area contributed by atoms with Gasteiger partial charge in [0.1, 0.15) is 0 Å². The van der Waals surface area contributed by atoms with Crippen LogP contribution < -0.4 is 25.4 Å². The molecule has 0 saturated heterocycles. The number of nitrogens with one attached hydrogen (secondary N) is 3. The van der Waals surface area contributed by atoms with Gasteiger partial charge < -0.3 is 30.2 Å². The molecular weight excluding hydrogens is 438 g/mol. The van der Waals surface area contributed by atoms with Crippen molar-refractivity contribution in [1.29, 1.82) is 0 Å². The Hall–Kier alpha value is -4.01. The van der Waals surface area contributed by atoms with E-state index in [1.54, 1.807) is 39.0 Å². The average molecular weight is 468 g/mol. The number of ether oxygens (including phenoxy) is 3. The minimum absolute atomic E-state index is 0.245. The van der Waals surface area contributed by atoms with Gasteiger partial charge >= 0.3 is 12.0 Å². The number of methoxy groups -OCH3 is 1. The van der Waals surface area contributed by atoms with E-state index in [2.05, 4.69) is 16.0 Å². The van der Waals surface area contributed by atoms with Gasteiger partial charge in [-0.3, -0.25) is 4.79 Å². The van der Waals surface area contributed by atoms with Crippen molar-refractivity contribution in [3.05, 3.63) is 70.9 Å². The summed E-state index contributed by atoms with van der Waals surface area (Å²) in [6, 6.07) is 13.4. The summed E-state index contributed by atoms with van der Waals surface area (Å²) in [5, 5.41) is 8.36. The topological polar surface area (TPSA) is 115 Å². The molecule has 1 aliphatic heterocycles. The summed E-state index contributed by atoms with van der Waals surface area (Å²) in [6.45, 7) is 5.26. The van der Waals surface area contributed by atoms with Crippen LogP contribution in [0.3, 0.4) is 0 Å². The number of carbonyl (C=O) groups excluding carboxylic acids is 3. The second-order valence-corrected chi connectivity index (χ2v) is 7.98. The van der Waals surface area contributed by atoms with Crippen molar-refractivity contribution < 1.29 is 28.6 Å². The highest BCUT2D eigenvalue weighted by Crippen LogP contribution is 2.34. The molecule has 34 heavy (non-hydrogen) atoms.